The molecule has 13 nitrogen and oxygen atoms in total. The first-order chi connectivity index (χ1) is 21.5. The summed E-state index contributed by atoms with van der Waals surface area (Å²) in [5, 5.41) is 11.9. The quantitative estimate of drug-likeness (QED) is 0.304. The van der Waals surface area contributed by atoms with Gasteiger partial charge in [0.05, 0.1) is 11.4 Å². The Hall–Kier alpha value is -4.40. The number of carbonyl (C=O) groups is 3. The van der Waals surface area contributed by atoms with Crippen molar-refractivity contribution >= 4 is 46.4 Å². The summed E-state index contributed by atoms with van der Waals surface area (Å²) in [4.78, 5) is 49.4. The first kappa shape index (κ1) is 32.0. The highest BCUT2D eigenvalue weighted by molar-refractivity contribution is 7.09. The van der Waals surface area contributed by atoms with Gasteiger partial charge in [-0.2, -0.15) is 0 Å². The van der Waals surface area contributed by atoms with Crippen LogP contribution >= 0.6 is 11.3 Å². The number of rotatable bonds is 9. The minimum Gasteiger partial charge on any atom is -0.454 e. The van der Waals surface area contributed by atoms with E-state index >= 15 is 0 Å². The van der Waals surface area contributed by atoms with E-state index < -0.39 is 17.6 Å². The number of likely N-dealkylation sites (N-methyl/N-ethyl adjacent to an activating group) is 1. The van der Waals surface area contributed by atoms with Crippen LogP contribution in [0.3, 0.4) is 0 Å². The zero-order valence-electron chi connectivity index (χ0n) is 25.9. The number of benzene rings is 1. The Bertz CT molecular complexity index is 1500. The van der Waals surface area contributed by atoms with Gasteiger partial charge in [-0.3, -0.25) is 20.0 Å². The van der Waals surface area contributed by atoms with Gasteiger partial charge in [-0.1, -0.05) is 6.07 Å². The van der Waals surface area contributed by atoms with Crippen LogP contribution < -0.4 is 25.4 Å². The first-order valence-electron chi connectivity index (χ1n) is 14.7. The summed E-state index contributed by atoms with van der Waals surface area (Å²) >= 11 is 1.33. The molecule has 0 radical (unpaired) electrons. The number of nitrogens with one attached hydrogen (secondary N) is 3. The molecule has 2 aliphatic rings. The molecule has 0 aliphatic carbocycles. The van der Waals surface area contributed by atoms with Gasteiger partial charge in [-0.15, -0.1) is 11.3 Å². The van der Waals surface area contributed by atoms with E-state index in [0.717, 1.165) is 38.3 Å². The normalized spacial score (nSPS) is 14.9. The molecule has 0 bridgehead atoms. The largest absolute Gasteiger partial charge is 0.454 e. The van der Waals surface area contributed by atoms with E-state index in [1.165, 1.54) is 11.3 Å². The molecular weight excluding hydrogens is 598 g/mol. The Morgan fingerprint density at radius 1 is 0.978 bits per heavy atom. The lowest BCUT2D eigenvalue weighted by Crippen LogP contribution is -2.48. The van der Waals surface area contributed by atoms with Crippen LogP contribution in [0.4, 0.5) is 26.7 Å². The molecule has 3 N–H and O–H groups in total. The van der Waals surface area contributed by atoms with Crippen molar-refractivity contribution in [1.82, 2.24) is 19.7 Å². The van der Waals surface area contributed by atoms with Gasteiger partial charge >= 0.3 is 12.1 Å². The number of thiophene rings is 1. The highest BCUT2D eigenvalue weighted by Gasteiger charge is 2.22. The van der Waals surface area contributed by atoms with Gasteiger partial charge in [0, 0.05) is 74.5 Å². The Morgan fingerprint density at radius 3 is 2.42 bits per heavy atom. The maximum atomic E-state index is 13.5. The lowest BCUT2D eigenvalue weighted by molar-refractivity contribution is 0.0635. The summed E-state index contributed by atoms with van der Waals surface area (Å²) in [5.41, 5.74) is 1.80. The SMILES string of the molecule is CN1CCN(CCN(Cc2ccc(C(=O)Nc3cscc3NC(=O)OC(C)(C)C)nc2)C(=O)Nc2ccc3c(c2)OCO3)CC1. The summed E-state index contributed by atoms with van der Waals surface area (Å²) in [6.07, 6.45) is 0.984. The number of hydrogen-bond acceptors (Lipinski definition) is 10. The molecule has 4 heterocycles. The first-order valence-corrected chi connectivity index (χ1v) is 15.7. The van der Waals surface area contributed by atoms with Gasteiger partial charge < -0.3 is 34.6 Å². The van der Waals surface area contributed by atoms with Crippen LogP contribution in [-0.4, -0.2) is 96.4 Å². The molecule has 3 aromatic rings. The van der Waals surface area contributed by atoms with Crippen molar-refractivity contribution in [2.24, 2.45) is 0 Å². The van der Waals surface area contributed by atoms with Crippen LogP contribution in [-0.2, 0) is 11.3 Å². The fourth-order valence-electron chi connectivity index (χ4n) is 4.73. The predicted octanol–water partition coefficient (Wildman–Crippen LogP) is 4.75. The number of ether oxygens (including phenoxy) is 3. The van der Waals surface area contributed by atoms with Gasteiger partial charge in [0.1, 0.15) is 11.3 Å². The number of hydrogen-bond donors (Lipinski definition) is 3. The monoisotopic (exact) mass is 637 g/mol. The lowest BCUT2D eigenvalue weighted by atomic mass is 10.2. The Balaban J connectivity index is 1.22. The summed E-state index contributed by atoms with van der Waals surface area (Å²) < 4.78 is 16.1. The molecule has 1 saturated heterocycles. The Morgan fingerprint density at radius 2 is 1.71 bits per heavy atom. The van der Waals surface area contributed by atoms with Crippen LogP contribution in [0.2, 0.25) is 0 Å². The van der Waals surface area contributed by atoms with Crippen LogP contribution in [0.1, 0.15) is 36.8 Å². The fraction of sp³-hybridized carbons (Fsp3) is 0.419. The van der Waals surface area contributed by atoms with Crippen LogP contribution in [0.15, 0.2) is 47.3 Å². The van der Waals surface area contributed by atoms with Crippen molar-refractivity contribution in [2.75, 3.05) is 69.1 Å². The maximum absolute atomic E-state index is 13.5. The zero-order valence-corrected chi connectivity index (χ0v) is 26.7. The predicted molar refractivity (Wildman–Crippen MR) is 172 cm³/mol. The molecule has 0 spiro atoms. The number of carbonyl (C=O) groups excluding carboxylic acids is 3. The number of amides is 4. The Kier molecular flexibility index (Phi) is 10.1. The van der Waals surface area contributed by atoms with Crippen LogP contribution in [0.25, 0.3) is 0 Å². The van der Waals surface area contributed by atoms with E-state index in [0.29, 0.717) is 41.7 Å². The zero-order chi connectivity index (χ0) is 32.0. The van der Waals surface area contributed by atoms with Crippen molar-refractivity contribution in [3.8, 4) is 11.5 Å². The molecular formula is C31H39N7O6S. The number of urea groups is 1. The van der Waals surface area contributed by atoms with Crippen molar-refractivity contribution < 1.29 is 28.6 Å². The average molecular weight is 638 g/mol. The van der Waals surface area contributed by atoms with E-state index in [9.17, 15) is 14.4 Å². The molecule has 14 heteroatoms. The Labute approximate surface area is 266 Å². The molecule has 4 amide bonds. The molecule has 1 fully saturated rings. The highest BCUT2D eigenvalue weighted by Crippen LogP contribution is 2.34. The second-order valence-corrected chi connectivity index (χ2v) is 12.6. The van der Waals surface area contributed by atoms with Crippen LogP contribution in [0, 0.1) is 0 Å². The number of aromatic nitrogens is 1. The number of pyridine rings is 1. The van der Waals surface area contributed by atoms with Crippen molar-refractivity contribution in [3.63, 3.8) is 0 Å². The fourth-order valence-corrected chi connectivity index (χ4v) is 5.44. The minimum atomic E-state index is -0.651. The van der Waals surface area contributed by atoms with E-state index in [4.69, 9.17) is 14.2 Å². The topological polar surface area (TPSA) is 138 Å². The van der Waals surface area contributed by atoms with E-state index in [2.05, 4.69) is 37.8 Å². The summed E-state index contributed by atoms with van der Waals surface area (Å²) in [6.45, 7) is 10.9. The van der Waals surface area contributed by atoms with Crippen molar-refractivity contribution in [2.45, 2.75) is 32.9 Å². The molecule has 45 heavy (non-hydrogen) atoms. The smallest absolute Gasteiger partial charge is 0.412 e. The molecule has 5 rings (SSSR count). The van der Waals surface area contributed by atoms with Gasteiger partial charge in [0.25, 0.3) is 5.91 Å². The van der Waals surface area contributed by atoms with Crippen molar-refractivity contribution in [1.29, 1.82) is 0 Å². The summed E-state index contributed by atoms with van der Waals surface area (Å²) in [7, 11) is 2.11. The number of anilines is 3. The minimum absolute atomic E-state index is 0.155. The van der Waals surface area contributed by atoms with Gasteiger partial charge in [-0.05, 0) is 51.6 Å². The second kappa shape index (κ2) is 14.1. The van der Waals surface area contributed by atoms with Crippen LogP contribution in [0.5, 0.6) is 11.5 Å². The van der Waals surface area contributed by atoms with E-state index in [1.807, 2.05) is 0 Å². The lowest BCUT2D eigenvalue weighted by Gasteiger charge is -2.34. The molecule has 0 atom stereocenters. The van der Waals surface area contributed by atoms with Crippen molar-refractivity contribution in [3.05, 3.63) is 58.5 Å². The highest BCUT2D eigenvalue weighted by atomic mass is 32.1. The molecule has 240 valence electrons. The van der Waals surface area contributed by atoms with E-state index in [-0.39, 0.29) is 18.5 Å². The third-order valence-electron chi connectivity index (χ3n) is 7.17. The number of piperazine rings is 1. The third-order valence-corrected chi connectivity index (χ3v) is 7.91. The standard InChI is InChI=1S/C31H39N7O6S/c1-31(2,3)44-30(41)35-25-19-45-18-24(25)34-28(39)23-7-5-21(16-32-23)17-38(14-13-37-11-9-36(4)10-12-37)29(40)33-22-6-8-26-27(15-22)43-20-42-26/h5-8,15-16,18-19H,9-14,17,20H2,1-4H3,(H,33,40)(H,34,39)(H,35,41). The maximum Gasteiger partial charge on any atom is 0.412 e. The summed E-state index contributed by atoms with van der Waals surface area (Å²) in [6, 6.07) is 8.44. The summed E-state index contributed by atoms with van der Waals surface area (Å²) in [5.74, 6) is 0.800. The average Bonchev–Trinajstić information content (AvgIpc) is 3.64. The van der Waals surface area contributed by atoms with E-state index in [1.54, 1.807) is 73.0 Å². The molecule has 2 aliphatic heterocycles. The van der Waals surface area contributed by atoms with Gasteiger partial charge in [0.15, 0.2) is 11.5 Å². The molecule has 2 aromatic heterocycles. The second-order valence-electron chi connectivity index (χ2n) is 11.9. The number of fused-ring (bicyclic) bond motifs is 1. The molecule has 0 unspecified atom stereocenters. The molecule has 0 saturated carbocycles. The van der Waals surface area contributed by atoms with Gasteiger partial charge in [0.2, 0.25) is 6.79 Å². The number of nitrogens with zero attached hydrogens (tertiary/aromatic N) is 4. The molecule has 1 aromatic carbocycles. The van der Waals surface area contributed by atoms with Gasteiger partial charge in [-0.25, -0.2) is 9.59 Å². The third kappa shape index (κ3) is 9.06.